The highest BCUT2D eigenvalue weighted by atomic mass is 32.2. The highest BCUT2D eigenvalue weighted by molar-refractivity contribution is 7.89. The molecular formula is C21H24N4O5S. The Morgan fingerprint density at radius 2 is 1.71 bits per heavy atom. The van der Waals surface area contributed by atoms with Crippen molar-refractivity contribution in [3.63, 3.8) is 0 Å². The first-order chi connectivity index (χ1) is 14.7. The number of carbonyl (C=O) groups excluding carboxylic acids is 2. The molecule has 3 N–H and O–H groups in total. The molecular weight excluding hydrogens is 420 g/mol. The second kappa shape index (κ2) is 9.29. The summed E-state index contributed by atoms with van der Waals surface area (Å²) in [6.45, 7) is 2.00. The molecule has 0 aliphatic heterocycles. The number of methoxy groups -OCH3 is 1. The number of nitrogens with zero attached hydrogens (tertiary/aromatic N) is 1. The zero-order valence-corrected chi connectivity index (χ0v) is 18.2. The molecule has 9 nitrogen and oxygen atoms in total. The number of benzene rings is 2. The lowest BCUT2D eigenvalue weighted by Crippen LogP contribution is -2.42. The van der Waals surface area contributed by atoms with Crippen LogP contribution in [0.3, 0.4) is 0 Å². The van der Waals surface area contributed by atoms with Crippen molar-refractivity contribution in [1.29, 1.82) is 0 Å². The fourth-order valence-electron chi connectivity index (χ4n) is 3.15. The number of amides is 2. The van der Waals surface area contributed by atoms with Crippen molar-refractivity contribution in [1.82, 2.24) is 20.1 Å². The molecule has 0 spiro atoms. The van der Waals surface area contributed by atoms with Crippen LogP contribution in [0.1, 0.15) is 26.3 Å². The van der Waals surface area contributed by atoms with Crippen LogP contribution in [0.4, 0.5) is 0 Å². The minimum absolute atomic E-state index is 0.0558. The minimum atomic E-state index is -3.80. The van der Waals surface area contributed by atoms with Gasteiger partial charge in [-0.3, -0.25) is 20.4 Å². The van der Waals surface area contributed by atoms with Gasteiger partial charge < -0.3 is 9.30 Å². The quantitative estimate of drug-likeness (QED) is 0.377. The summed E-state index contributed by atoms with van der Waals surface area (Å²) in [7, 11) is -0.507. The Labute approximate surface area is 180 Å². The van der Waals surface area contributed by atoms with Crippen molar-refractivity contribution in [2.75, 3.05) is 20.3 Å². The Bertz CT molecular complexity index is 1230. The van der Waals surface area contributed by atoms with Crippen LogP contribution in [0.15, 0.2) is 53.6 Å². The number of aryl methyl sites for hydroxylation is 2. The average Bonchev–Trinajstić information content (AvgIpc) is 3.09. The Morgan fingerprint density at radius 1 is 1.03 bits per heavy atom. The summed E-state index contributed by atoms with van der Waals surface area (Å²) < 4.78 is 33.9. The predicted octanol–water partition coefficient (Wildman–Crippen LogP) is 1.49. The van der Waals surface area contributed by atoms with Crippen LogP contribution in [0.5, 0.6) is 0 Å². The summed E-state index contributed by atoms with van der Waals surface area (Å²) in [6.07, 6.45) is 1.68. The maximum absolute atomic E-state index is 12.6. The van der Waals surface area contributed by atoms with Gasteiger partial charge in [0.05, 0.1) is 17.1 Å². The lowest BCUT2D eigenvalue weighted by atomic mass is 10.1. The van der Waals surface area contributed by atoms with Crippen molar-refractivity contribution in [3.05, 3.63) is 65.4 Å². The van der Waals surface area contributed by atoms with Gasteiger partial charge in [-0.1, -0.05) is 24.3 Å². The predicted molar refractivity (Wildman–Crippen MR) is 116 cm³/mol. The first-order valence-electron chi connectivity index (χ1n) is 9.48. The van der Waals surface area contributed by atoms with Crippen LogP contribution in [-0.4, -0.2) is 45.1 Å². The fourth-order valence-corrected chi connectivity index (χ4v) is 4.18. The van der Waals surface area contributed by atoms with Gasteiger partial charge in [-0.05, 0) is 30.7 Å². The van der Waals surface area contributed by atoms with Crippen molar-refractivity contribution < 1.29 is 22.7 Å². The molecule has 3 aromatic rings. The summed E-state index contributed by atoms with van der Waals surface area (Å²) in [5, 5.41) is 0.753. The molecule has 2 aromatic carbocycles. The lowest BCUT2D eigenvalue weighted by Gasteiger charge is -2.11. The van der Waals surface area contributed by atoms with E-state index in [4.69, 9.17) is 4.74 Å². The van der Waals surface area contributed by atoms with Crippen molar-refractivity contribution >= 4 is 32.7 Å². The van der Waals surface area contributed by atoms with E-state index < -0.39 is 21.8 Å². The van der Waals surface area contributed by atoms with Gasteiger partial charge in [0.25, 0.3) is 11.8 Å². The average molecular weight is 445 g/mol. The molecule has 0 bridgehead atoms. The molecule has 0 fully saturated rings. The van der Waals surface area contributed by atoms with Crippen LogP contribution in [0, 0.1) is 6.92 Å². The van der Waals surface area contributed by atoms with E-state index in [1.165, 1.54) is 25.3 Å². The Hall–Kier alpha value is -3.21. The number of ether oxygens (including phenoxy) is 1. The molecule has 1 heterocycles. The molecule has 10 heteroatoms. The minimum Gasteiger partial charge on any atom is -0.383 e. The number of rotatable bonds is 7. The molecule has 2 amide bonds. The SMILES string of the molecule is COCCNS(=O)(=O)c1ccc(C)c(C(=O)NNC(=O)c2cn(C)c3ccccc23)c1. The summed E-state index contributed by atoms with van der Waals surface area (Å²) in [5.41, 5.74) is 6.75. The first-order valence-corrected chi connectivity index (χ1v) is 11.0. The van der Waals surface area contributed by atoms with Crippen molar-refractivity contribution in [2.45, 2.75) is 11.8 Å². The van der Waals surface area contributed by atoms with E-state index >= 15 is 0 Å². The zero-order valence-electron chi connectivity index (χ0n) is 17.4. The van der Waals surface area contributed by atoms with E-state index in [2.05, 4.69) is 15.6 Å². The van der Waals surface area contributed by atoms with Gasteiger partial charge in [0.15, 0.2) is 0 Å². The van der Waals surface area contributed by atoms with Crippen LogP contribution < -0.4 is 15.6 Å². The first kappa shape index (κ1) is 22.5. The van der Waals surface area contributed by atoms with Crippen LogP contribution >= 0.6 is 0 Å². The Kier molecular flexibility index (Phi) is 6.74. The van der Waals surface area contributed by atoms with Crippen LogP contribution in [0.25, 0.3) is 10.9 Å². The van der Waals surface area contributed by atoms with Gasteiger partial charge in [-0.25, -0.2) is 13.1 Å². The molecule has 3 rings (SSSR count). The summed E-state index contributed by atoms with van der Waals surface area (Å²) >= 11 is 0. The third-order valence-electron chi connectivity index (χ3n) is 4.79. The topological polar surface area (TPSA) is 119 Å². The monoisotopic (exact) mass is 444 g/mol. The van der Waals surface area contributed by atoms with Gasteiger partial charge in [-0.15, -0.1) is 0 Å². The van der Waals surface area contributed by atoms with Crippen molar-refractivity contribution in [2.24, 2.45) is 7.05 Å². The van der Waals surface area contributed by atoms with Crippen molar-refractivity contribution in [3.8, 4) is 0 Å². The third kappa shape index (κ3) is 4.93. The van der Waals surface area contributed by atoms with E-state index in [1.54, 1.807) is 13.1 Å². The highest BCUT2D eigenvalue weighted by Gasteiger charge is 2.19. The normalized spacial score (nSPS) is 11.5. The fraction of sp³-hybridized carbons (Fsp3) is 0.238. The van der Waals surface area contributed by atoms with Gasteiger partial charge in [0.1, 0.15) is 0 Å². The molecule has 0 radical (unpaired) electrons. The second-order valence-electron chi connectivity index (χ2n) is 6.95. The van der Waals surface area contributed by atoms with E-state index in [0.29, 0.717) is 11.1 Å². The molecule has 0 unspecified atom stereocenters. The Balaban J connectivity index is 1.75. The number of aromatic nitrogens is 1. The molecule has 1 aromatic heterocycles. The second-order valence-corrected chi connectivity index (χ2v) is 8.71. The largest absolute Gasteiger partial charge is 0.383 e. The van der Waals surface area contributed by atoms with E-state index in [0.717, 1.165) is 10.9 Å². The van der Waals surface area contributed by atoms with E-state index in [9.17, 15) is 18.0 Å². The molecule has 0 saturated heterocycles. The van der Waals surface area contributed by atoms with E-state index in [1.807, 2.05) is 35.9 Å². The smallest absolute Gasteiger partial charge is 0.271 e. The van der Waals surface area contributed by atoms with Crippen LogP contribution in [0.2, 0.25) is 0 Å². The molecule has 0 atom stereocenters. The summed E-state index contributed by atoms with van der Waals surface area (Å²) in [6, 6.07) is 11.6. The summed E-state index contributed by atoms with van der Waals surface area (Å²) in [5.74, 6) is -1.10. The number of sulfonamides is 1. The van der Waals surface area contributed by atoms with Gasteiger partial charge in [-0.2, -0.15) is 0 Å². The molecule has 31 heavy (non-hydrogen) atoms. The van der Waals surface area contributed by atoms with Gasteiger partial charge in [0, 0.05) is 43.4 Å². The standard InChI is InChI=1S/C21H24N4O5S/c1-14-8-9-15(31(28,29)22-10-11-30-3)12-17(14)20(26)23-24-21(27)18-13-25(2)19-7-5-4-6-16(18)19/h4-9,12-13,22H,10-11H2,1-3H3,(H,23,26)(H,24,27). The maximum atomic E-state index is 12.6. The molecule has 0 saturated carbocycles. The zero-order chi connectivity index (χ0) is 22.6. The van der Waals surface area contributed by atoms with Gasteiger partial charge >= 0.3 is 0 Å². The third-order valence-corrected chi connectivity index (χ3v) is 6.25. The Morgan fingerprint density at radius 3 is 2.42 bits per heavy atom. The number of para-hydroxylation sites is 1. The summed E-state index contributed by atoms with van der Waals surface area (Å²) in [4.78, 5) is 25.2. The van der Waals surface area contributed by atoms with Crippen LogP contribution in [-0.2, 0) is 21.8 Å². The highest BCUT2D eigenvalue weighted by Crippen LogP contribution is 2.20. The maximum Gasteiger partial charge on any atom is 0.271 e. The number of hydrogen-bond acceptors (Lipinski definition) is 5. The number of carbonyl (C=O) groups is 2. The molecule has 0 aliphatic carbocycles. The lowest BCUT2D eigenvalue weighted by molar-refractivity contribution is 0.0847. The van der Waals surface area contributed by atoms with Gasteiger partial charge in [0.2, 0.25) is 10.0 Å². The van der Waals surface area contributed by atoms with E-state index in [-0.39, 0.29) is 23.6 Å². The number of hydrazine groups is 1. The molecule has 164 valence electrons. The number of nitrogens with one attached hydrogen (secondary N) is 3. The number of fused-ring (bicyclic) bond motifs is 1. The number of hydrogen-bond donors (Lipinski definition) is 3. The molecule has 0 aliphatic rings.